The number of hydrogen-bond donors (Lipinski definition) is 2. The van der Waals surface area contributed by atoms with Crippen molar-refractivity contribution in [3.63, 3.8) is 0 Å². The van der Waals surface area contributed by atoms with E-state index in [1.165, 1.54) is 11.6 Å². The van der Waals surface area contributed by atoms with Gasteiger partial charge in [-0.1, -0.05) is 20.8 Å². The molecule has 118 valence electrons. The van der Waals surface area contributed by atoms with Crippen LogP contribution in [0.15, 0.2) is 0 Å². The van der Waals surface area contributed by atoms with E-state index in [2.05, 4.69) is 10.4 Å². The van der Waals surface area contributed by atoms with Gasteiger partial charge in [0.15, 0.2) is 0 Å². The van der Waals surface area contributed by atoms with Gasteiger partial charge in [-0.3, -0.25) is 19.6 Å². The quantitative estimate of drug-likeness (QED) is 0.620. The summed E-state index contributed by atoms with van der Waals surface area (Å²) >= 11 is 0. The minimum atomic E-state index is -0.670. The highest BCUT2D eigenvalue weighted by Gasteiger charge is 2.24. The van der Waals surface area contributed by atoms with Gasteiger partial charge in [0.05, 0.1) is 11.0 Å². The van der Waals surface area contributed by atoms with Gasteiger partial charge in [0, 0.05) is 6.54 Å². The zero-order chi connectivity index (χ0) is 16.4. The van der Waals surface area contributed by atoms with Crippen LogP contribution in [-0.2, 0) is 11.3 Å². The Hall–Kier alpha value is -1.96. The van der Waals surface area contributed by atoms with Gasteiger partial charge in [0.1, 0.15) is 17.9 Å². The molecule has 0 saturated heterocycles. The summed E-state index contributed by atoms with van der Waals surface area (Å²) in [6, 6.07) is 0. The fraction of sp³-hybridized carbons (Fsp3) is 0.692. The van der Waals surface area contributed by atoms with Crippen molar-refractivity contribution in [1.82, 2.24) is 15.1 Å². The molecular weight excluding hydrogens is 276 g/mol. The second-order valence-electron chi connectivity index (χ2n) is 6.12. The normalized spacial score (nSPS) is 13.0. The first-order chi connectivity index (χ1) is 9.54. The number of nitro groups is 1. The number of carbonyl (C=O) groups excluding carboxylic acids is 1. The molecule has 1 amide bonds. The molecule has 0 saturated carbocycles. The Kier molecular flexibility index (Phi) is 5.06. The lowest BCUT2D eigenvalue weighted by atomic mass is 9.89. The minimum Gasteiger partial charge on any atom is -0.391 e. The molecule has 0 bridgehead atoms. The standard InChI is InChI=1S/C13H22N4O4/c1-8-12(17(20)21)9(2)16(15-8)7-11(19)14-6-10(18)13(3,4)5/h10,18H,6-7H2,1-5H3,(H,14,19). The van der Waals surface area contributed by atoms with Crippen molar-refractivity contribution >= 4 is 11.6 Å². The van der Waals surface area contributed by atoms with E-state index in [0.717, 1.165) is 0 Å². The van der Waals surface area contributed by atoms with Crippen molar-refractivity contribution < 1.29 is 14.8 Å². The summed E-state index contributed by atoms with van der Waals surface area (Å²) in [7, 11) is 0. The topological polar surface area (TPSA) is 110 Å². The second kappa shape index (κ2) is 6.21. The molecule has 1 heterocycles. The lowest BCUT2D eigenvalue weighted by Crippen LogP contribution is -2.40. The molecule has 1 aromatic rings. The van der Waals surface area contributed by atoms with Gasteiger partial charge < -0.3 is 10.4 Å². The third kappa shape index (κ3) is 4.25. The number of aliphatic hydroxyl groups is 1. The highest BCUT2D eigenvalue weighted by Crippen LogP contribution is 2.21. The molecule has 2 N–H and O–H groups in total. The molecule has 0 spiro atoms. The molecule has 21 heavy (non-hydrogen) atoms. The lowest BCUT2D eigenvalue weighted by Gasteiger charge is -2.25. The summed E-state index contributed by atoms with van der Waals surface area (Å²) in [4.78, 5) is 22.2. The number of nitrogens with zero attached hydrogens (tertiary/aromatic N) is 3. The van der Waals surface area contributed by atoms with E-state index in [1.807, 2.05) is 20.8 Å². The van der Waals surface area contributed by atoms with E-state index in [1.54, 1.807) is 6.92 Å². The first-order valence-electron chi connectivity index (χ1n) is 6.67. The molecular formula is C13H22N4O4. The van der Waals surface area contributed by atoms with Crippen LogP contribution >= 0.6 is 0 Å². The van der Waals surface area contributed by atoms with Crippen molar-refractivity contribution in [2.75, 3.05) is 6.54 Å². The summed E-state index contributed by atoms with van der Waals surface area (Å²) in [5.74, 6) is -0.348. The Balaban J connectivity index is 2.68. The predicted octanol–water partition coefficient (Wildman–Crippen LogP) is 0.931. The number of amides is 1. The SMILES string of the molecule is Cc1nn(CC(=O)NCC(O)C(C)(C)C)c(C)c1[N+](=O)[O-]. The summed E-state index contributed by atoms with van der Waals surface area (Å²) < 4.78 is 1.30. The number of aryl methyl sites for hydroxylation is 1. The maximum atomic E-state index is 11.8. The number of hydrogen-bond acceptors (Lipinski definition) is 5. The Labute approximate surface area is 123 Å². The molecule has 0 radical (unpaired) electrons. The number of carbonyl (C=O) groups is 1. The fourth-order valence-corrected chi connectivity index (χ4v) is 1.81. The number of rotatable bonds is 5. The average molecular weight is 298 g/mol. The third-order valence-corrected chi connectivity index (χ3v) is 3.31. The first-order valence-corrected chi connectivity index (χ1v) is 6.67. The summed E-state index contributed by atoms with van der Waals surface area (Å²) in [5.41, 5.74) is 0.214. The van der Waals surface area contributed by atoms with Crippen molar-refractivity contribution in [3.8, 4) is 0 Å². The molecule has 1 unspecified atom stereocenters. The van der Waals surface area contributed by atoms with E-state index in [9.17, 15) is 20.0 Å². The van der Waals surface area contributed by atoms with Gasteiger partial charge in [0.25, 0.3) is 0 Å². The Bertz CT molecular complexity index is 545. The molecule has 1 rings (SSSR count). The van der Waals surface area contributed by atoms with Gasteiger partial charge in [-0.2, -0.15) is 5.10 Å². The predicted molar refractivity (Wildman–Crippen MR) is 76.8 cm³/mol. The van der Waals surface area contributed by atoms with Crippen LogP contribution in [-0.4, -0.2) is 38.4 Å². The molecule has 8 nitrogen and oxygen atoms in total. The number of nitrogens with one attached hydrogen (secondary N) is 1. The van der Waals surface area contributed by atoms with Crippen LogP contribution < -0.4 is 5.32 Å². The van der Waals surface area contributed by atoms with E-state index in [-0.39, 0.29) is 35.8 Å². The van der Waals surface area contributed by atoms with Crippen LogP contribution in [0.1, 0.15) is 32.2 Å². The van der Waals surface area contributed by atoms with E-state index < -0.39 is 11.0 Å². The Morgan fingerprint density at radius 2 is 2.05 bits per heavy atom. The van der Waals surface area contributed by atoms with Gasteiger partial charge in [-0.05, 0) is 19.3 Å². The lowest BCUT2D eigenvalue weighted by molar-refractivity contribution is -0.386. The van der Waals surface area contributed by atoms with E-state index in [4.69, 9.17) is 0 Å². The van der Waals surface area contributed by atoms with Gasteiger partial charge in [-0.25, -0.2) is 0 Å². The van der Waals surface area contributed by atoms with Gasteiger partial charge >= 0.3 is 5.69 Å². The molecule has 0 aliphatic rings. The molecule has 0 aromatic carbocycles. The minimum absolute atomic E-state index is 0.0717. The second-order valence-corrected chi connectivity index (χ2v) is 6.12. The van der Waals surface area contributed by atoms with Crippen LogP contribution in [0.2, 0.25) is 0 Å². The zero-order valence-electron chi connectivity index (χ0n) is 13.0. The molecule has 1 atom stereocenters. The first kappa shape index (κ1) is 17.1. The zero-order valence-corrected chi connectivity index (χ0v) is 13.0. The van der Waals surface area contributed by atoms with E-state index in [0.29, 0.717) is 5.69 Å². The fourth-order valence-electron chi connectivity index (χ4n) is 1.81. The number of aliphatic hydroxyl groups excluding tert-OH is 1. The molecule has 1 aromatic heterocycles. The molecule has 0 aliphatic heterocycles. The van der Waals surface area contributed by atoms with Crippen molar-refractivity contribution in [2.24, 2.45) is 5.41 Å². The highest BCUT2D eigenvalue weighted by molar-refractivity contribution is 5.75. The number of aromatic nitrogens is 2. The molecule has 8 heteroatoms. The van der Waals surface area contributed by atoms with Crippen molar-refractivity contribution in [3.05, 3.63) is 21.5 Å². The van der Waals surface area contributed by atoms with Crippen molar-refractivity contribution in [2.45, 2.75) is 47.3 Å². The van der Waals surface area contributed by atoms with Crippen LogP contribution in [0.25, 0.3) is 0 Å². The maximum Gasteiger partial charge on any atom is 0.312 e. The average Bonchev–Trinajstić information content (AvgIpc) is 2.60. The Morgan fingerprint density at radius 3 is 2.48 bits per heavy atom. The van der Waals surface area contributed by atoms with Crippen LogP contribution in [0.3, 0.4) is 0 Å². The smallest absolute Gasteiger partial charge is 0.312 e. The summed E-state index contributed by atoms with van der Waals surface area (Å²) in [6.07, 6.45) is -0.670. The maximum absolute atomic E-state index is 11.8. The van der Waals surface area contributed by atoms with Crippen LogP contribution in [0, 0.1) is 29.4 Å². The largest absolute Gasteiger partial charge is 0.391 e. The van der Waals surface area contributed by atoms with Crippen molar-refractivity contribution in [1.29, 1.82) is 0 Å². The molecule has 0 aliphatic carbocycles. The summed E-state index contributed by atoms with van der Waals surface area (Å²) in [6.45, 7) is 8.70. The molecule has 0 fully saturated rings. The monoisotopic (exact) mass is 298 g/mol. The summed E-state index contributed by atoms with van der Waals surface area (Å²) in [5, 5.41) is 27.3. The Morgan fingerprint density at radius 1 is 1.48 bits per heavy atom. The van der Waals surface area contributed by atoms with Crippen LogP contribution in [0.4, 0.5) is 5.69 Å². The third-order valence-electron chi connectivity index (χ3n) is 3.31. The highest BCUT2D eigenvalue weighted by atomic mass is 16.6. The van der Waals surface area contributed by atoms with Gasteiger partial charge in [0.2, 0.25) is 5.91 Å². The van der Waals surface area contributed by atoms with E-state index >= 15 is 0 Å². The van der Waals surface area contributed by atoms with Crippen LogP contribution in [0.5, 0.6) is 0 Å². The van der Waals surface area contributed by atoms with Gasteiger partial charge in [-0.15, -0.1) is 0 Å².